The first kappa shape index (κ1) is 22.8. The van der Waals surface area contributed by atoms with Gasteiger partial charge in [0.05, 0.1) is 46.8 Å². The first-order valence-corrected chi connectivity index (χ1v) is 8.83. The average molecular weight is 419 g/mol. The Labute approximate surface area is 174 Å². The van der Waals surface area contributed by atoms with Gasteiger partial charge in [-0.2, -0.15) is 0 Å². The molecule has 1 N–H and O–H groups in total. The molecule has 1 amide bonds. The summed E-state index contributed by atoms with van der Waals surface area (Å²) in [6, 6.07) is 6.09. The minimum Gasteiger partial charge on any atom is -0.497 e. The second kappa shape index (κ2) is 10.4. The third kappa shape index (κ3) is 4.74. The summed E-state index contributed by atoms with van der Waals surface area (Å²) in [7, 11) is 8.67. The number of ether oxygens (including phenoxy) is 6. The second-order valence-corrected chi connectivity index (χ2v) is 5.98. The van der Waals surface area contributed by atoms with Crippen LogP contribution in [-0.4, -0.2) is 61.0 Å². The largest absolute Gasteiger partial charge is 0.497 e. The number of nitrogens with one attached hydrogen (secondary N) is 1. The topological polar surface area (TPSA) is 102 Å². The van der Waals surface area contributed by atoms with Gasteiger partial charge in [-0.25, -0.2) is 0 Å². The summed E-state index contributed by atoms with van der Waals surface area (Å²) in [6.45, 7) is -0.185. The van der Waals surface area contributed by atoms with Crippen LogP contribution in [0.5, 0.6) is 28.7 Å². The summed E-state index contributed by atoms with van der Waals surface area (Å²) in [5.41, 5.74) is 0.615. The van der Waals surface area contributed by atoms with E-state index < -0.39 is 5.91 Å². The Kier molecular flexibility index (Phi) is 7.88. The Balaban J connectivity index is 2.53. The minimum atomic E-state index is -0.504. The van der Waals surface area contributed by atoms with E-state index in [9.17, 15) is 9.59 Å². The summed E-state index contributed by atoms with van der Waals surface area (Å²) in [4.78, 5) is 25.6. The highest BCUT2D eigenvalue weighted by molar-refractivity contribution is 6.11. The van der Waals surface area contributed by atoms with Crippen LogP contribution in [0.4, 0.5) is 5.69 Å². The fraction of sp³-hybridized carbons (Fsp3) is 0.333. The highest BCUT2D eigenvalue weighted by Gasteiger charge is 2.23. The number of anilines is 1. The number of rotatable bonds is 10. The molecule has 2 aromatic rings. The molecule has 0 spiro atoms. The number of benzene rings is 2. The zero-order chi connectivity index (χ0) is 22.3. The van der Waals surface area contributed by atoms with E-state index in [1.54, 1.807) is 6.07 Å². The molecular weight excluding hydrogens is 394 g/mol. The fourth-order valence-corrected chi connectivity index (χ4v) is 2.87. The molecule has 0 aliphatic carbocycles. The molecule has 0 aromatic heterocycles. The van der Waals surface area contributed by atoms with Gasteiger partial charge in [0.25, 0.3) is 5.91 Å². The summed E-state index contributed by atoms with van der Waals surface area (Å²) >= 11 is 0. The van der Waals surface area contributed by atoms with Gasteiger partial charge in [0, 0.05) is 24.8 Å². The number of amides is 1. The monoisotopic (exact) mass is 419 g/mol. The van der Waals surface area contributed by atoms with Crippen LogP contribution >= 0.6 is 0 Å². The van der Waals surface area contributed by atoms with E-state index in [0.717, 1.165) is 0 Å². The van der Waals surface area contributed by atoms with Crippen molar-refractivity contribution in [3.8, 4) is 28.7 Å². The number of hydrogen-bond acceptors (Lipinski definition) is 8. The van der Waals surface area contributed by atoms with Gasteiger partial charge >= 0.3 is 0 Å². The fourth-order valence-electron chi connectivity index (χ4n) is 2.87. The van der Waals surface area contributed by atoms with E-state index >= 15 is 0 Å². The first-order valence-electron chi connectivity index (χ1n) is 8.83. The molecule has 0 aliphatic heterocycles. The predicted octanol–water partition coefficient (Wildman–Crippen LogP) is 2.81. The van der Waals surface area contributed by atoms with Crippen LogP contribution < -0.4 is 29.0 Å². The van der Waals surface area contributed by atoms with E-state index in [4.69, 9.17) is 28.4 Å². The summed E-state index contributed by atoms with van der Waals surface area (Å²) in [5, 5.41) is 2.73. The van der Waals surface area contributed by atoms with Crippen molar-refractivity contribution in [1.29, 1.82) is 0 Å². The Hall–Kier alpha value is -3.46. The molecule has 0 saturated heterocycles. The quantitative estimate of drug-likeness (QED) is 0.587. The molecular formula is C21H25NO8. The highest BCUT2D eigenvalue weighted by atomic mass is 16.5. The standard InChI is InChI=1S/C21H25NO8/c1-25-11-15(23)19-14(9-13(26-2)10-16(19)27-3)22-21(24)12-7-17(28-4)20(30-6)18(8-12)29-5/h7-10H,11H2,1-6H3,(H,22,24). The van der Waals surface area contributed by atoms with Gasteiger partial charge in [0.2, 0.25) is 5.75 Å². The van der Waals surface area contributed by atoms with Crippen LogP contribution in [0.15, 0.2) is 24.3 Å². The molecule has 0 fully saturated rings. The Bertz CT molecular complexity index is 900. The lowest BCUT2D eigenvalue weighted by molar-refractivity contribution is 0.0846. The van der Waals surface area contributed by atoms with Crippen molar-refractivity contribution in [1.82, 2.24) is 0 Å². The van der Waals surface area contributed by atoms with Crippen molar-refractivity contribution >= 4 is 17.4 Å². The van der Waals surface area contributed by atoms with Crippen molar-refractivity contribution in [3.05, 3.63) is 35.4 Å². The lowest BCUT2D eigenvalue weighted by atomic mass is 10.1. The Morgan fingerprint density at radius 3 is 1.83 bits per heavy atom. The smallest absolute Gasteiger partial charge is 0.255 e. The molecule has 0 heterocycles. The van der Waals surface area contributed by atoms with Crippen molar-refractivity contribution < 1.29 is 38.0 Å². The van der Waals surface area contributed by atoms with Gasteiger partial charge in [0.15, 0.2) is 17.3 Å². The molecule has 2 aromatic carbocycles. The number of ketones is 1. The van der Waals surface area contributed by atoms with E-state index in [2.05, 4.69) is 5.32 Å². The lowest BCUT2D eigenvalue weighted by Crippen LogP contribution is -2.18. The van der Waals surface area contributed by atoms with Crippen LogP contribution in [0.2, 0.25) is 0 Å². The van der Waals surface area contributed by atoms with Gasteiger partial charge in [-0.1, -0.05) is 0 Å². The molecule has 0 unspecified atom stereocenters. The number of methoxy groups -OCH3 is 6. The predicted molar refractivity (Wildman–Crippen MR) is 110 cm³/mol. The van der Waals surface area contributed by atoms with Crippen LogP contribution in [-0.2, 0) is 4.74 Å². The van der Waals surface area contributed by atoms with Crippen molar-refractivity contribution in [3.63, 3.8) is 0 Å². The number of Topliss-reactive ketones (excluding diaryl/α,β-unsaturated/α-hetero) is 1. The maximum Gasteiger partial charge on any atom is 0.255 e. The summed E-state index contributed by atoms with van der Waals surface area (Å²) < 4.78 is 31.4. The molecule has 0 aliphatic rings. The van der Waals surface area contributed by atoms with Gasteiger partial charge in [0.1, 0.15) is 18.1 Å². The molecule has 2 rings (SSSR count). The molecule has 30 heavy (non-hydrogen) atoms. The maximum atomic E-state index is 13.0. The summed E-state index contributed by atoms with van der Waals surface area (Å²) in [5.74, 6) is 0.781. The Morgan fingerprint density at radius 1 is 0.767 bits per heavy atom. The van der Waals surface area contributed by atoms with Crippen molar-refractivity contribution in [2.75, 3.05) is 54.6 Å². The van der Waals surface area contributed by atoms with E-state index in [1.807, 2.05) is 0 Å². The van der Waals surface area contributed by atoms with Gasteiger partial charge in [-0.3, -0.25) is 9.59 Å². The molecule has 9 nitrogen and oxygen atoms in total. The van der Waals surface area contributed by atoms with Crippen LogP contribution in [0, 0.1) is 0 Å². The number of carbonyl (C=O) groups is 2. The molecule has 9 heteroatoms. The van der Waals surface area contributed by atoms with E-state index in [1.165, 1.54) is 60.9 Å². The SMILES string of the molecule is COCC(=O)c1c(NC(=O)c2cc(OC)c(OC)c(OC)c2)cc(OC)cc1OC. The Morgan fingerprint density at radius 2 is 1.37 bits per heavy atom. The third-order valence-corrected chi connectivity index (χ3v) is 4.26. The number of carbonyl (C=O) groups excluding carboxylic acids is 2. The van der Waals surface area contributed by atoms with Crippen molar-refractivity contribution in [2.45, 2.75) is 0 Å². The van der Waals surface area contributed by atoms with Crippen LogP contribution in [0.25, 0.3) is 0 Å². The van der Waals surface area contributed by atoms with E-state index in [-0.39, 0.29) is 35.0 Å². The van der Waals surface area contributed by atoms with Gasteiger partial charge in [-0.15, -0.1) is 0 Å². The molecule has 0 saturated carbocycles. The van der Waals surface area contributed by atoms with Crippen LogP contribution in [0.1, 0.15) is 20.7 Å². The minimum absolute atomic E-state index is 0.168. The molecule has 0 bridgehead atoms. The average Bonchev–Trinajstić information content (AvgIpc) is 2.77. The zero-order valence-corrected chi connectivity index (χ0v) is 17.8. The molecule has 162 valence electrons. The third-order valence-electron chi connectivity index (χ3n) is 4.26. The molecule has 0 atom stereocenters. The first-order chi connectivity index (χ1) is 14.4. The zero-order valence-electron chi connectivity index (χ0n) is 17.8. The normalized spacial score (nSPS) is 10.2. The van der Waals surface area contributed by atoms with Gasteiger partial charge < -0.3 is 33.7 Å². The highest BCUT2D eigenvalue weighted by Crippen LogP contribution is 2.39. The van der Waals surface area contributed by atoms with E-state index in [0.29, 0.717) is 23.0 Å². The van der Waals surface area contributed by atoms with Gasteiger partial charge in [-0.05, 0) is 12.1 Å². The molecule has 0 radical (unpaired) electrons. The maximum absolute atomic E-state index is 13.0. The van der Waals surface area contributed by atoms with Crippen LogP contribution in [0.3, 0.4) is 0 Å². The second-order valence-electron chi connectivity index (χ2n) is 5.98. The number of hydrogen-bond donors (Lipinski definition) is 1. The lowest BCUT2D eigenvalue weighted by Gasteiger charge is -2.17. The summed E-state index contributed by atoms with van der Waals surface area (Å²) in [6.07, 6.45) is 0. The van der Waals surface area contributed by atoms with Crippen molar-refractivity contribution in [2.24, 2.45) is 0 Å².